The molecule has 0 fully saturated rings. The van der Waals surface area contributed by atoms with E-state index in [2.05, 4.69) is 86.8 Å². The molecule has 424 valence electrons. The van der Waals surface area contributed by atoms with E-state index in [0.717, 1.165) is 83.5 Å². The summed E-state index contributed by atoms with van der Waals surface area (Å²) < 4.78 is 34.6. The maximum Gasteiger partial charge on any atom is 0.472 e. The van der Waals surface area contributed by atoms with Crippen molar-refractivity contribution in [3.8, 4) is 0 Å². The lowest BCUT2D eigenvalue weighted by atomic mass is 10.0. The number of rotatable bonds is 55. The van der Waals surface area contributed by atoms with Crippen molar-refractivity contribution in [3.63, 3.8) is 0 Å². The SMILES string of the molecule is CC/C=C\C/C=C\C/C=C\C/C=C\CCCCCCCCCCCCCCCCCCCCCCC(=O)OC(COC(=O)CCCCCCC/C=C\C/C=C\CCCCCC)COP(=O)(O)OCC[N+](C)(C)C. The largest absolute Gasteiger partial charge is 0.472 e. The average molecular weight is 1050 g/mol. The van der Waals surface area contributed by atoms with Crippen LogP contribution in [0.4, 0.5) is 0 Å². The van der Waals surface area contributed by atoms with Crippen LogP contribution < -0.4 is 0 Å². The van der Waals surface area contributed by atoms with Crippen molar-refractivity contribution in [2.24, 2.45) is 0 Å². The molecule has 0 heterocycles. The number of ether oxygens (including phenoxy) is 2. The van der Waals surface area contributed by atoms with Crippen molar-refractivity contribution in [3.05, 3.63) is 72.9 Å². The van der Waals surface area contributed by atoms with Crippen molar-refractivity contribution in [1.82, 2.24) is 0 Å². The zero-order valence-electron chi connectivity index (χ0n) is 48.1. The second-order valence-electron chi connectivity index (χ2n) is 21.4. The molecule has 0 amide bonds. The number of hydrogen-bond donors (Lipinski definition) is 1. The van der Waals surface area contributed by atoms with Gasteiger partial charge in [-0.3, -0.25) is 18.6 Å². The minimum absolute atomic E-state index is 0.0286. The molecule has 0 aliphatic carbocycles. The minimum atomic E-state index is -4.39. The van der Waals surface area contributed by atoms with Gasteiger partial charge in [-0.2, -0.15) is 0 Å². The highest BCUT2D eigenvalue weighted by Crippen LogP contribution is 2.43. The van der Waals surface area contributed by atoms with E-state index in [1.165, 1.54) is 148 Å². The van der Waals surface area contributed by atoms with Crippen molar-refractivity contribution < 1.29 is 42.1 Å². The summed E-state index contributed by atoms with van der Waals surface area (Å²) in [6.45, 7) is 4.31. The lowest BCUT2D eigenvalue weighted by Crippen LogP contribution is -2.37. The summed E-state index contributed by atoms with van der Waals surface area (Å²) >= 11 is 0. The molecule has 2 unspecified atom stereocenters. The van der Waals surface area contributed by atoms with Crippen molar-refractivity contribution in [2.45, 2.75) is 270 Å². The Morgan fingerprint density at radius 2 is 0.781 bits per heavy atom. The van der Waals surface area contributed by atoms with Gasteiger partial charge in [0.15, 0.2) is 6.10 Å². The van der Waals surface area contributed by atoms with Gasteiger partial charge < -0.3 is 18.9 Å². The van der Waals surface area contributed by atoms with Crippen LogP contribution in [0.25, 0.3) is 0 Å². The first kappa shape index (κ1) is 70.5. The maximum absolute atomic E-state index is 12.8. The minimum Gasteiger partial charge on any atom is -0.462 e. The molecule has 0 aliphatic heterocycles. The second-order valence-corrected chi connectivity index (χ2v) is 22.8. The molecular formula is C63H115NO8P+. The number of nitrogens with zero attached hydrogens (tertiary/aromatic N) is 1. The number of phosphoric acid groups is 1. The zero-order valence-corrected chi connectivity index (χ0v) is 49.0. The van der Waals surface area contributed by atoms with E-state index in [1.54, 1.807) is 0 Å². The van der Waals surface area contributed by atoms with E-state index in [0.29, 0.717) is 17.4 Å². The Hall–Kier alpha value is -2.55. The third-order valence-corrected chi connectivity index (χ3v) is 14.0. The van der Waals surface area contributed by atoms with E-state index in [9.17, 15) is 19.0 Å². The molecule has 1 N–H and O–H groups in total. The fourth-order valence-corrected chi connectivity index (χ4v) is 9.07. The van der Waals surface area contributed by atoms with Crippen LogP contribution in [0, 0.1) is 0 Å². The predicted octanol–water partition coefficient (Wildman–Crippen LogP) is 18.9. The van der Waals surface area contributed by atoms with Crippen molar-refractivity contribution in [1.29, 1.82) is 0 Å². The molecule has 0 radical (unpaired) electrons. The van der Waals surface area contributed by atoms with E-state index in [1.807, 2.05) is 21.1 Å². The number of carbonyl (C=O) groups is 2. The standard InChI is InChI=1S/C63H114NO8P/c1-6-8-10-12-14-16-18-20-22-24-25-26-27-28-29-30-31-32-33-34-35-36-37-38-39-40-42-44-46-48-50-52-54-56-63(66)72-61(60-71-73(67,68)70-58-57-64(3,4)5)59-69-62(65)55-53-51-49-47-45-43-41-23-21-19-17-15-13-11-9-7-2/h8,10,14,16-17,19-20,22-23,25-26,41,61H,6-7,9,11-13,15,18,21,24,27-40,42-60H2,1-5H3/p+1/b10-8-,16-14-,19-17-,22-20-,26-25-,41-23-. The highest BCUT2D eigenvalue weighted by atomic mass is 31.2. The summed E-state index contributed by atoms with van der Waals surface area (Å²) in [5, 5.41) is 0. The first-order valence-electron chi connectivity index (χ1n) is 30.2. The number of unbranched alkanes of at least 4 members (excludes halogenated alkanes) is 29. The van der Waals surface area contributed by atoms with Gasteiger partial charge in [0.25, 0.3) is 0 Å². The van der Waals surface area contributed by atoms with Gasteiger partial charge in [-0.25, -0.2) is 4.57 Å². The first-order valence-corrected chi connectivity index (χ1v) is 31.7. The quantitative estimate of drug-likeness (QED) is 0.0211. The van der Waals surface area contributed by atoms with Crippen LogP contribution >= 0.6 is 7.82 Å². The highest BCUT2D eigenvalue weighted by Gasteiger charge is 2.27. The molecule has 0 bridgehead atoms. The van der Waals surface area contributed by atoms with Gasteiger partial charge in [0.05, 0.1) is 27.7 Å². The summed E-state index contributed by atoms with van der Waals surface area (Å²) in [7, 11) is 1.47. The van der Waals surface area contributed by atoms with E-state index in [4.69, 9.17) is 18.5 Å². The van der Waals surface area contributed by atoms with Gasteiger partial charge in [0.2, 0.25) is 0 Å². The van der Waals surface area contributed by atoms with Gasteiger partial charge in [0, 0.05) is 12.8 Å². The molecule has 0 aromatic heterocycles. The number of quaternary nitrogens is 1. The van der Waals surface area contributed by atoms with Crippen LogP contribution in [0.2, 0.25) is 0 Å². The van der Waals surface area contributed by atoms with Gasteiger partial charge >= 0.3 is 19.8 Å². The Balaban J connectivity index is 4.04. The molecule has 10 heteroatoms. The summed E-state index contributed by atoms with van der Waals surface area (Å²) in [5.74, 6) is -0.806. The molecule has 0 spiro atoms. The van der Waals surface area contributed by atoms with Crippen LogP contribution in [0.5, 0.6) is 0 Å². The van der Waals surface area contributed by atoms with Gasteiger partial charge in [-0.05, 0) is 83.5 Å². The summed E-state index contributed by atoms with van der Waals surface area (Å²) in [6.07, 6.45) is 71.3. The van der Waals surface area contributed by atoms with Crippen LogP contribution in [0.1, 0.15) is 264 Å². The number of likely N-dealkylation sites (N-methyl/N-ethyl adjacent to an activating group) is 1. The third kappa shape index (κ3) is 58.6. The van der Waals surface area contributed by atoms with Crippen LogP contribution in [0.15, 0.2) is 72.9 Å². The Morgan fingerprint density at radius 3 is 1.16 bits per heavy atom. The lowest BCUT2D eigenvalue weighted by molar-refractivity contribution is -0.870. The van der Waals surface area contributed by atoms with E-state index < -0.39 is 26.5 Å². The fraction of sp³-hybridized carbons (Fsp3) is 0.778. The molecule has 0 aliphatic rings. The summed E-state index contributed by atoms with van der Waals surface area (Å²) in [4.78, 5) is 35.7. The number of phosphoric ester groups is 1. The molecule has 9 nitrogen and oxygen atoms in total. The molecular weight excluding hydrogens is 930 g/mol. The molecule has 0 saturated carbocycles. The second kappa shape index (κ2) is 54.2. The number of allylic oxidation sites excluding steroid dienone is 12. The van der Waals surface area contributed by atoms with Crippen molar-refractivity contribution in [2.75, 3.05) is 47.5 Å². The Kier molecular flexibility index (Phi) is 52.4. The molecule has 0 aromatic carbocycles. The Labute approximate surface area is 450 Å². The molecule has 2 atom stereocenters. The predicted molar refractivity (Wildman–Crippen MR) is 312 cm³/mol. The molecule has 0 rings (SSSR count). The van der Waals surface area contributed by atoms with Crippen LogP contribution in [-0.4, -0.2) is 74.9 Å². The summed E-state index contributed by atoms with van der Waals surface area (Å²) in [6, 6.07) is 0. The van der Waals surface area contributed by atoms with E-state index >= 15 is 0 Å². The van der Waals surface area contributed by atoms with Gasteiger partial charge in [-0.1, -0.05) is 241 Å². The Bertz CT molecular complexity index is 1460. The maximum atomic E-state index is 12.8. The Morgan fingerprint density at radius 1 is 0.438 bits per heavy atom. The van der Waals surface area contributed by atoms with Crippen LogP contribution in [0.3, 0.4) is 0 Å². The molecule has 73 heavy (non-hydrogen) atoms. The topological polar surface area (TPSA) is 108 Å². The average Bonchev–Trinajstić information content (AvgIpc) is 3.35. The van der Waals surface area contributed by atoms with E-state index in [-0.39, 0.29) is 32.0 Å². The zero-order chi connectivity index (χ0) is 53.5. The number of hydrogen-bond acceptors (Lipinski definition) is 7. The molecule has 0 saturated heterocycles. The number of carbonyl (C=O) groups excluding carboxylic acids is 2. The van der Waals surface area contributed by atoms with Gasteiger partial charge in [0.1, 0.15) is 19.8 Å². The summed E-state index contributed by atoms with van der Waals surface area (Å²) in [5.41, 5.74) is 0. The highest BCUT2D eigenvalue weighted by molar-refractivity contribution is 7.47. The monoisotopic (exact) mass is 1040 g/mol. The lowest BCUT2D eigenvalue weighted by Gasteiger charge is -2.24. The first-order chi connectivity index (χ1) is 35.5. The third-order valence-electron chi connectivity index (χ3n) is 13.0. The van der Waals surface area contributed by atoms with Gasteiger partial charge in [-0.15, -0.1) is 0 Å². The van der Waals surface area contributed by atoms with Crippen molar-refractivity contribution >= 4 is 19.8 Å². The molecule has 0 aromatic rings. The number of esters is 2. The smallest absolute Gasteiger partial charge is 0.462 e. The van der Waals surface area contributed by atoms with Crippen LogP contribution in [-0.2, 0) is 32.7 Å². The normalized spacial score (nSPS) is 13.8. The fourth-order valence-electron chi connectivity index (χ4n) is 8.33.